The molecule has 0 aliphatic heterocycles. The highest BCUT2D eigenvalue weighted by molar-refractivity contribution is 7.14. The minimum atomic E-state index is -0.398. The largest absolute Gasteiger partial charge is 0.482 e. The molecule has 0 unspecified atom stereocenters. The fraction of sp³-hybridized carbons (Fsp3) is 0.154. The number of anilines is 1. The number of hydrogen-bond acceptors (Lipinski definition) is 5. The first-order valence-corrected chi connectivity index (χ1v) is 7.43. The molecule has 0 bridgehead atoms. The summed E-state index contributed by atoms with van der Waals surface area (Å²) in [6.07, 6.45) is 0. The van der Waals surface area contributed by atoms with Crippen molar-refractivity contribution in [1.82, 2.24) is 4.98 Å². The molecule has 0 aliphatic rings. The molecule has 5 nitrogen and oxygen atoms in total. The fourth-order valence-electron chi connectivity index (χ4n) is 1.38. The van der Waals surface area contributed by atoms with Crippen LogP contribution < -0.4 is 10.1 Å². The van der Waals surface area contributed by atoms with E-state index in [9.17, 15) is 9.59 Å². The van der Waals surface area contributed by atoms with Gasteiger partial charge in [0.05, 0.1) is 5.02 Å². The van der Waals surface area contributed by atoms with Gasteiger partial charge in [0.15, 0.2) is 17.5 Å². The molecule has 0 aliphatic carbocycles. The van der Waals surface area contributed by atoms with E-state index >= 15 is 0 Å². The van der Waals surface area contributed by atoms with Crippen LogP contribution in [0.15, 0.2) is 23.6 Å². The molecule has 1 aromatic carbocycles. The van der Waals surface area contributed by atoms with Gasteiger partial charge in [-0.15, -0.1) is 11.3 Å². The van der Waals surface area contributed by atoms with Crippen molar-refractivity contribution < 1.29 is 14.3 Å². The number of aromatic nitrogens is 1. The number of amides is 1. The summed E-state index contributed by atoms with van der Waals surface area (Å²) in [6, 6.07) is 4.71. The van der Waals surface area contributed by atoms with Crippen LogP contribution in [0.5, 0.6) is 5.75 Å². The summed E-state index contributed by atoms with van der Waals surface area (Å²) < 4.78 is 5.29. The lowest BCUT2D eigenvalue weighted by Gasteiger charge is -2.07. The number of carbonyl (C=O) groups excluding carboxylic acids is 2. The van der Waals surface area contributed by atoms with Gasteiger partial charge in [-0.25, -0.2) is 4.98 Å². The molecule has 1 amide bonds. The number of halogens is 2. The van der Waals surface area contributed by atoms with Crippen molar-refractivity contribution in [3.8, 4) is 5.75 Å². The minimum Gasteiger partial charge on any atom is -0.482 e. The molecule has 21 heavy (non-hydrogen) atoms. The smallest absolute Gasteiger partial charge is 0.264 e. The van der Waals surface area contributed by atoms with Crippen molar-refractivity contribution >= 4 is 51.4 Å². The van der Waals surface area contributed by atoms with Crippen LogP contribution in [0.2, 0.25) is 10.0 Å². The molecule has 110 valence electrons. The Labute approximate surface area is 134 Å². The summed E-state index contributed by atoms with van der Waals surface area (Å²) in [5, 5.41) is 5.27. The zero-order valence-corrected chi connectivity index (χ0v) is 13.2. The second-order valence-electron chi connectivity index (χ2n) is 4.01. The van der Waals surface area contributed by atoms with Crippen LogP contribution >= 0.6 is 34.5 Å². The van der Waals surface area contributed by atoms with Crippen molar-refractivity contribution in [2.45, 2.75) is 6.92 Å². The molecule has 0 radical (unpaired) electrons. The third-order valence-electron chi connectivity index (χ3n) is 2.36. The standard InChI is InChI=1S/C13H10Cl2N2O3S/c1-7(18)10-6-21-13(16-10)17-12(19)5-20-11-3-2-8(14)4-9(11)15/h2-4,6H,5H2,1H3,(H,16,17,19). The molecule has 0 saturated heterocycles. The topological polar surface area (TPSA) is 68.3 Å². The maximum atomic E-state index is 11.7. The van der Waals surface area contributed by atoms with Crippen LogP contribution in [0.1, 0.15) is 17.4 Å². The summed E-state index contributed by atoms with van der Waals surface area (Å²) in [5.74, 6) is -0.193. The first-order valence-electron chi connectivity index (χ1n) is 5.80. The van der Waals surface area contributed by atoms with Gasteiger partial charge in [0.1, 0.15) is 11.4 Å². The number of rotatable bonds is 5. The molecule has 2 aromatic rings. The predicted octanol–water partition coefficient (Wildman–Crippen LogP) is 3.67. The summed E-state index contributed by atoms with van der Waals surface area (Å²) in [5.41, 5.74) is 0.317. The molecular weight excluding hydrogens is 335 g/mol. The first kappa shape index (κ1) is 15.8. The van der Waals surface area contributed by atoms with Crippen LogP contribution in [0.3, 0.4) is 0 Å². The van der Waals surface area contributed by atoms with Crippen LogP contribution in [0.4, 0.5) is 5.13 Å². The third kappa shape index (κ3) is 4.42. The van der Waals surface area contributed by atoms with Crippen molar-refractivity contribution in [3.63, 3.8) is 0 Å². The van der Waals surface area contributed by atoms with E-state index in [-0.39, 0.29) is 12.4 Å². The zero-order chi connectivity index (χ0) is 15.4. The van der Waals surface area contributed by atoms with Gasteiger partial charge in [-0.05, 0) is 18.2 Å². The Morgan fingerprint density at radius 1 is 1.38 bits per heavy atom. The van der Waals surface area contributed by atoms with Crippen molar-refractivity contribution in [1.29, 1.82) is 0 Å². The number of carbonyl (C=O) groups is 2. The average Bonchev–Trinajstić information content (AvgIpc) is 2.86. The van der Waals surface area contributed by atoms with E-state index in [1.807, 2.05) is 0 Å². The summed E-state index contributed by atoms with van der Waals surface area (Å²) in [4.78, 5) is 26.8. The van der Waals surface area contributed by atoms with E-state index in [0.717, 1.165) is 0 Å². The Bertz CT molecular complexity index is 688. The van der Waals surface area contributed by atoms with Gasteiger partial charge in [0, 0.05) is 17.3 Å². The van der Waals surface area contributed by atoms with E-state index in [1.54, 1.807) is 17.5 Å². The Hall–Kier alpha value is -1.63. The number of nitrogens with one attached hydrogen (secondary N) is 1. The molecule has 0 fully saturated rings. The molecule has 2 rings (SSSR count). The fourth-order valence-corrected chi connectivity index (χ4v) is 2.61. The third-order valence-corrected chi connectivity index (χ3v) is 3.65. The van der Waals surface area contributed by atoms with Crippen LogP contribution in [-0.2, 0) is 4.79 Å². The SMILES string of the molecule is CC(=O)c1csc(NC(=O)COc2ccc(Cl)cc2Cl)n1. The number of hydrogen-bond donors (Lipinski definition) is 1. The number of ether oxygens (including phenoxy) is 1. The summed E-state index contributed by atoms with van der Waals surface area (Å²) >= 11 is 12.9. The first-order chi connectivity index (χ1) is 9.95. The number of nitrogens with zero attached hydrogens (tertiary/aromatic N) is 1. The molecule has 1 N–H and O–H groups in total. The molecule has 1 aromatic heterocycles. The van der Waals surface area contributed by atoms with Crippen molar-refractivity contribution in [3.05, 3.63) is 39.3 Å². The van der Waals surface area contributed by atoms with E-state index in [4.69, 9.17) is 27.9 Å². The number of thiazole rings is 1. The minimum absolute atomic E-state index is 0.157. The molecular formula is C13H10Cl2N2O3S. The van der Waals surface area contributed by atoms with E-state index in [1.165, 1.54) is 24.3 Å². The molecule has 0 spiro atoms. The summed E-state index contributed by atoms with van der Waals surface area (Å²) in [6.45, 7) is 1.18. The zero-order valence-electron chi connectivity index (χ0n) is 10.9. The van der Waals surface area contributed by atoms with E-state index in [0.29, 0.717) is 26.6 Å². The van der Waals surface area contributed by atoms with Gasteiger partial charge in [-0.1, -0.05) is 23.2 Å². The van der Waals surface area contributed by atoms with Crippen LogP contribution in [0.25, 0.3) is 0 Å². The quantitative estimate of drug-likeness (QED) is 0.840. The van der Waals surface area contributed by atoms with E-state index < -0.39 is 5.91 Å². The lowest BCUT2D eigenvalue weighted by molar-refractivity contribution is -0.118. The van der Waals surface area contributed by atoms with Crippen LogP contribution in [-0.4, -0.2) is 23.3 Å². The van der Waals surface area contributed by atoms with Gasteiger partial charge in [-0.2, -0.15) is 0 Å². The maximum Gasteiger partial charge on any atom is 0.264 e. The highest BCUT2D eigenvalue weighted by Gasteiger charge is 2.10. The Balaban J connectivity index is 1.91. The number of benzene rings is 1. The average molecular weight is 345 g/mol. The Morgan fingerprint density at radius 2 is 2.14 bits per heavy atom. The summed E-state index contributed by atoms with van der Waals surface area (Å²) in [7, 11) is 0. The molecule has 8 heteroatoms. The monoisotopic (exact) mass is 344 g/mol. The normalized spacial score (nSPS) is 10.2. The molecule has 1 heterocycles. The maximum absolute atomic E-state index is 11.7. The second-order valence-corrected chi connectivity index (χ2v) is 5.71. The van der Waals surface area contributed by atoms with Gasteiger partial charge in [0.2, 0.25) is 0 Å². The second kappa shape index (κ2) is 6.89. The Morgan fingerprint density at radius 3 is 2.76 bits per heavy atom. The number of ketones is 1. The van der Waals surface area contributed by atoms with Gasteiger partial charge in [0.25, 0.3) is 5.91 Å². The predicted molar refractivity (Wildman–Crippen MR) is 82.7 cm³/mol. The van der Waals surface area contributed by atoms with Crippen LogP contribution in [0, 0.1) is 0 Å². The van der Waals surface area contributed by atoms with Gasteiger partial charge >= 0.3 is 0 Å². The highest BCUT2D eigenvalue weighted by atomic mass is 35.5. The van der Waals surface area contributed by atoms with E-state index in [2.05, 4.69) is 10.3 Å². The van der Waals surface area contributed by atoms with Crippen molar-refractivity contribution in [2.75, 3.05) is 11.9 Å². The molecule has 0 saturated carbocycles. The Kier molecular flexibility index (Phi) is 5.17. The van der Waals surface area contributed by atoms with Gasteiger partial charge < -0.3 is 4.74 Å². The highest BCUT2D eigenvalue weighted by Crippen LogP contribution is 2.27. The number of Topliss-reactive ketones (excluding diaryl/α,β-unsaturated/α-hetero) is 1. The van der Waals surface area contributed by atoms with Crippen molar-refractivity contribution in [2.24, 2.45) is 0 Å². The van der Waals surface area contributed by atoms with Gasteiger partial charge in [-0.3, -0.25) is 14.9 Å². The molecule has 0 atom stereocenters. The lowest BCUT2D eigenvalue weighted by atomic mass is 10.3. The lowest BCUT2D eigenvalue weighted by Crippen LogP contribution is -2.20.